The Bertz CT molecular complexity index is 896. The summed E-state index contributed by atoms with van der Waals surface area (Å²) in [7, 11) is 4.50. The normalized spacial score (nSPS) is 13.2. The molecule has 1 aliphatic rings. The average Bonchev–Trinajstić information content (AvgIpc) is 2.69. The Morgan fingerprint density at radius 1 is 1.15 bits per heavy atom. The first kappa shape index (κ1) is 19.2. The number of esters is 1. The van der Waals surface area contributed by atoms with E-state index in [2.05, 4.69) is 15.9 Å². The van der Waals surface area contributed by atoms with Gasteiger partial charge in [-0.2, -0.15) is 0 Å². The van der Waals surface area contributed by atoms with Gasteiger partial charge in [0, 0.05) is 34.8 Å². The van der Waals surface area contributed by atoms with E-state index in [9.17, 15) is 9.59 Å². The van der Waals surface area contributed by atoms with Gasteiger partial charge in [0.25, 0.3) is 5.91 Å². The summed E-state index contributed by atoms with van der Waals surface area (Å²) in [6.07, 6.45) is 0.696. The minimum Gasteiger partial charge on any atom is -0.497 e. The second-order valence-corrected chi connectivity index (χ2v) is 6.98. The molecule has 1 amide bonds. The lowest BCUT2D eigenvalue weighted by atomic mass is 9.96. The molecule has 0 unspecified atom stereocenters. The number of hydrogen-bond acceptors (Lipinski definition) is 5. The summed E-state index contributed by atoms with van der Waals surface area (Å²) in [5.41, 5.74) is 2.66. The van der Waals surface area contributed by atoms with Crippen LogP contribution in [0.1, 0.15) is 31.8 Å². The standard InChI is InChI=1S/C20H20BrNO5/c1-25-14-5-4-12(18(10-14)26-2)11-22-7-6-15-16(19(22)23)8-13(9-17(15)21)20(24)27-3/h4-5,8-10H,6-7,11H2,1-3H3. The third-order valence-corrected chi connectivity index (χ3v) is 5.33. The predicted molar refractivity (Wildman–Crippen MR) is 103 cm³/mol. The van der Waals surface area contributed by atoms with Crippen LogP contribution in [0.3, 0.4) is 0 Å². The van der Waals surface area contributed by atoms with Crippen LogP contribution < -0.4 is 9.47 Å². The summed E-state index contributed by atoms with van der Waals surface area (Å²) in [6.45, 7) is 0.989. The number of rotatable bonds is 5. The maximum atomic E-state index is 13.0. The molecule has 7 heteroatoms. The zero-order chi connectivity index (χ0) is 19.6. The fourth-order valence-corrected chi connectivity index (χ4v) is 3.83. The molecule has 142 valence electrons. The van der Waals surface area contributed by atoms with Gasteiger partial charge in [0.05, 0.1) is 26.9 Å². The van der Waals surface area contributed by atoms with Gasteiger partial charge in [-0.3, -0.25) is 4.79 Å². The van der Waals surface area contributed by atoms with Crippen LogP contribution in [-0.2, 0) is 17.7 Å². The Morgan fingerprint density at radius 3 is 2.59 bits per heavy atom. The summed E-state index contributed by atoms with van der Waals surface area (Å²) in [4.78, 5) is 26.7. The van der Waals surface area contributed by atoms with E-state index < -0.39 is 5.97 Å². The van der Waals surface area contributed by atoms with Crippen LogP contribution in [-0.4, -0.2) is 44.7 Å². The number of fused-ring (bicyclic) bond motifs is 1. The van der Waals surface area contributed by atoms with Crippen molar-refractivity contribution in [3.8, 4) is 11.5 Å². The van der Waals surface area contributed by atoms with Crippen molar-refractivity contribution in [1.82, 2.24) is 4.90 Å². The summed E-state index contributed by atoms with van der Waals surface area (Å²) < 4.78 is 16.2. The van der Waals surface area contributed by atoms with Crippen molar-refractivity contribution in [3.05, 3.63) is 57.1 Å². The topological polar surface area (TPSA) is 65.1 Å². The minimum atomic E-state index is -0.472. The lowest BCUT2D eigenvalue weighted by Crippen LogP contribution is -2.37. The zero-order valence-corrected chi connectivity index (χ0v) is 17.0. The van der Waals surface area contributed by atoms with Crippen molar-refractivity contribution in [2.45, 2.75) is 13.0 Å². The number of amides is 1. The molecule has 0 saturated heterocycles. The molecule has 2 aromatic rings. The van der Waals surface area contributed by atoms with Gasteiger partial charge in [-0.25, -0.2) is 4.79 Å². The molecular weight excluding hydrogens is 414 g/mol. The summed E-state index contributed by atoms with van der Waals surface area (Å²) in [5, 5.41) is 0. The molecule has 0 atom stereocenters. The second-order valence-electron chi connectivity index (χ2n) is 6.13. The molecule has 0 saturated carbocycles. The highest BCUT2D eigenvalue weighted by atomic mass is 79.9. The Balaban J connectivity index is 1.91. The van der Waals surface area contributed by atoms with E-state index >= 15 is 0 Å². The van der Waals surface area contributed by atoms with E-state index in [0.29, 0.717) is 42.1 Å². The Labute approximate surface area is 166 Å². The highest BCUT2D eigenvalue weighted by Gasteiger charge is 2.28. The van der Waals surface area contributed by atoms with Gasteiger partial charge in [0.1, 0.15) is 11.5 Å². The molecule has 2 aromatic carbocycles. The monoisotopic (exact) mass is 433 g/mol. The van der Waals surface area contributed by atoms with Gasteiger partial charge in [-0.05, 0) is 36.2 Å². The smallest absolute Gasteiger partial charge is 0.337 e. The molecule has 27 heavy (non-hydrogen) atoms. The van der Waals surface area contributed by atoms with Crippen molar-refractivity contribution in [1.29, 1.82) is 0 Å². The van der Waals surface area contributed by atoms with Crippen molar-refractivity contribution in [2.75, 3.05) is 27.9 Å². The molecule has 6 nitrogen and oxygen atoms in total. The van der Waals surface area contributed by atoms with E-state index in [1.165, 1.54) is 7.11 Å². The van der Waals surface area contributed by atoms with E-state index in [1.54, 1.807) is 37.3 Å². The molecule has 0 aliphatic carbocycles. The molecule has 1 heterocycles. The molecule has 0 fully saturated rings. The fraction of sp³-hybridized carbons (Fsp3) is 0.300. The van der Waals surface area contributed by atoms with Crippen LogP contribution >= 0.6 is 15.9 Å². The molecule has 0 aromatic heterocycles. The predicted octanol–water partition coefficient (Wildman–Crippen LogP) is 3.45. The molecule has 1 aliphatic heterocycles. The fourth-order valence-electron chi connectivity index (χ4n) is 3.17. The quantitative estimate of drug-likeness (QED) is 0.675. The lowest BCUT2D eigenvalue weighted by molar-refractivity contribution is 0.0600. The molecular formula is C20H20BrNO5. The maximum absolute atomic E-state index is 13.0. The number of carbonyl (C=O) groups is 2. The molecule has 0 spiro atoms. The summed E-state index contributed by atoms with van der Waals surface area (Å²) in [5.74, 6) is 0.760. The molecule has 0 bridgehead atoms. The van der Waals surface area contributed by atoms with Crippen LogP contribution in [0.4, 0.5) is 0 Å². The van der Waals surface area contributed by atoms with E-state index in [1.807, 2.05) is 12.1 Å². The summed E-state index contributed by atoms with van der Waals surface area (Å²) >= 11 is 3.47. The first-order valence-corrected chi connectivity index (χ1v) is 9.18. The highest BCUT2D eigenvalue weighted by Crippen LogP contribution is 2.31. The van der Waals surface area contributed by atoms with E-state index in [0.717, 1.165) is 15.6 Å². The van der Waals surface area contributed by atoms with Crippen molar-refractivity contribution < 1.29 is 23.8 Å². The van der Waals surface area contributed by atoms with Crippen molar-refractivity contribution >= 4 is 27.8 Å². The number of nitrogens with zero attached hydrogens (tertiary/aromatic N) is 1. The van der Waals surface area contributed by atoms with Gasteiger partial charge in [-0.15, -0.1) is 0 Å². The molecule has 3 rings (SSSR count). The molecule has 0 N–H and O–H groups in total. The third-order valence-electron chi connectivity index (χ3n) is 4.62. The highest BCUT2D eigenvalue weighted by molar-refractivity contribution is 9.10. The number of benzene rings is 2. The average molecular weight is 434 g/mol. The largest absolute Gasteiger partial charge is 0.497 e. The van der Waals surface area contributed by atoms with Crippen LogP contribution in [0.2, 0.25) is 0 Å². The van der Waals surface area contributed by atoms with Gasteiger partial charge >= 0.3 is 5.97 Å². The van der Waals surface area contributed by atoms with Crippen LogP contribution in [0.25, 0.3) is 0 Å². The van der Waals surface area contributed by atoms with Gasteiger partial charge in [0.15, 0.2) is 0 Å². The molecule has 0 radical (unpaired) electrons. The zero-order valence-electron chi connectivity index (χ0n) is 15.4. The number of methoxy groups -OCH3 is 3. The van der Waals surface area contributed by atoms with Gasteiger partial charge in [-0.1, -0.05) is 15.9 Å². The lowest BCUT2D eigenvalue weighted by Gasteiger charge is -2.30. The number of hydrogen-bond donors (Lipinski definition) is 0. The van der Waals surface area contributed by atoms with Crippen molar-refractivity contribution in [2.24, 2.45) is 0 Å². The van der Waals surface area contributed by atoms with E-state index in [4.69, 9.17) is 14.2 Å². The van der Waals surface area contributed by atoms with Crippen LogP contribution in [0.5, 0.6) is 11.5 Å². The Hall–Kier alpha value is -2.54. The minimum absolute atomic E-state index is 0.124. The second kappa shape index (κ2) is 8.00. The Kier molecular flexibility index (Phi) is 5.70. The first-order chi connectivity index (χ1) is 13.0. The van der Waals surface area contributed by atoms with Gasteiger partial charge in [0.2, 0.25) is 0 Å². The summed E-state index contributed by atoms with van der Waals surface area (Å²) in [6, 6.07) is 8.82. The van der Waals surface area contributed by atoms with Crippen LogP contribution in [0.15, 0.2) is 34.8 Å². The van der Waals surface area contributed by atoms with E-state index in [-0.39, 0.29) is 5.91 Å². The van der Waals surface area contributed by atoms with Crippen LogP contribution in [0, 0.1) is 0 Å². The Morgan fingerprint density at radius 2 is 1.93 bits per heavy atom. The SMILES string of the molecule is COC(=O)c1cc(Br)c2c(c1)C(=O)N(Cc1ccc(OC)cc1OC)CC2. The number of ether oxygens (including phenoxy) is 3. The number of halogens is 1. The third kappa shape index (κ3) is 3.78. The first-order valence-electron chi connectivity index (χ1n) is 8.39. The van der Waals surface area contributed by atoms with Crippen molar-refractivity contribution in [3.63, 3.8) is 0 Å². The van der Waals surface area contributed by atoms with Gasteiger partial charge < -0.3 is 19.1 Å². The number of carbonyl (C=O) groups excluding carboxylic acids is 2. The maximum Gasteiger partial charge on any atom is 0.337 e.